The van der Waals surface area contributed by atoms with Gasteiger partial charge in [0, 0.05) is 6.42 Å². The maximum atomic E-state index is 11.8. The van der Waals surface area contributed by atoms with E-state index < -0.39 is 17.9 Å². The van der Waals surface area contributed by atoms with Gasteiger partial charge >= 0.3 is 5.97 Å². The lowest BCUT2D eigenvalue weighted by Crippen LogP contribution is -2.46. The molecule has 0 aliphatic rings. The van der Waals surface area contributed by atoms with Crippen molar-refractivity contribution in [2.24, 2.45) is 17.8 Å². The molecule has 6 heteroatoms. The summed E-state index contributed by atoms with van der Waals surface area (Å²) >= 11 is 0. The van der Waals surface area contributed by atoms with Crippen LogP contribution in [-0.4, -0.2) is 35.5 Å². The van der Waals surface area contributed by atoms with Crippen LogP contribution in [0.4, 0.5) is 0 Å². The van der Waals surface area contributed by atoms with E-state index in [9.17, 15) is 14.4 Å². The Morgan fingerprint density at radius 1 is 1.05 bits per heavy atom. The molecule has 6 nitrogen and oxygen atoms in total. The molecule has 0 aromatic rings. The molecular weight excluding hydrogens is 284 g/mol. The Labute approximate surface area is 133 Å². The molecule has 0 fully saturated rings. The third-order valence-corrected chi connectivity index (χ3v) is 3.70. The molecule has 0 bridgehead atoms. The van der Waals surface area contributed by atoms with Gasteiger partial charge in [-0.2, -0.15) is 0 Å². The van der Waals surface area contributed by atoms with Crippen molar-refractivity contribution in [3.8, 4) is 0 Å². The second kappa shape index (κ2) is 10.2. The molecule has 0 aliphatic carbocycles. The maximum Gasteiger partial charge on any atom is 0.326 e. The standard InChI is InChI=1S/C16H30N2O4/c1-6-12(11(4)5)8-14(19)17-9-15(20)18-13(16(21)22)7-10(2)3/h10-13H,6-9H2,1-5H3,(H,17,19)(H,18,20)(H,21,22)/t12?,13-/m0/s1. The molecule has 22 heavy (non-hydrogen) atoms. The smallest absolute Gasteiger partial charge is 0.326 e. The van der Waals surface area contributed by atoms with Crippen LogP contribution < -0.4 is 10.6 Å². The molecular formula is C16H30N2O4. The van der Waals surface area contributed by atoms with E-state index in [4.69, 9.17) is 5.11 Å². The van der Waals surface area contributed by atoms with Gasteiger partial charge in [-0.3, -0.25) is 9.59 Å². The molecule has 0 aliphatic heterocycles. The van der Waals surface area contributed by atoms with Crippen LogP contribution in [0.25, 0.3) is 0 Å². The summed E-state index contributed by atoms with van der Waals surface area (Å²) < 4.78 is 0. The van der Waals surface area contributed by atoms with Crippen molar-refractivity contribution in [1.29, 1.82) is 0 Å². The van der Waals surface area contributed by atoms with E-state index in [0.717, 1.165) is 6.42 Å². The summed E-state index contributed by atoms with van der Waals surface area (Å²) in [5, 5.41) is 14.1. The van der Waals surface area contributed by atoms with Crippen LogP contribution >= 0.6 is 0 Å². The third-order valence-electron chi connectivity index (χ3n) is 3.70. The first-order valence-corrected chi connectivity index (χ1v) is 7.96. The minimum atomic E-state index is -1.06. The van der Waals surface area contributed by atoms with Crippen molar-refractivity contribution in [2.75, 3.05) is 6.54 Å². The summed E-state index contributed by atoms with van der Waals surface area (Å²) in [6.07, 6.45) is 1.66. The Balaban J connectivity index is 4.26. The molecule has 128 valence electrons. The van der Waals surface area contributed by atoms with E-state index >= 15 is 0 Å². The van der Waals surface area contributed by atoms with E-state index in [0.29, 0.717) is 18.8 Å². The van der Waals surface area contributed by atoms with Crippen molar-refractivity contribution < 1.29 is 19.5 Å². The second-order valence-electron chi connectivity index (χ2n) is 6.48. The first-order valence-electron chi connectivity index (χ1n) is 7.96. The van der Waals surface area contributed by atoms with Crippen molar-refractivity contribution in [3.05, 3.63) is 0 Å². The quantitative estimate of drug-likeness (QED) is 0.573. The van der Waals surface area contributed by atoms with Crippen molar-refractivity contribution >= 4 is 17.8 Å². The van der Waals surface area contributed by atoms with Crippen molar-refractivity contribution in [3.63, 3.8) is 0 Å². The molecule has 0 rings (SSSR count). The Hall–Kier alpha value is -1.59. The Kier molecular flexibility index (Phi) is 9.45. The molecule has 0 heterocycles. The molecule has 0 spiro atoms. The molecule has 0 aromatic heterocycles. The highest BCUT2D eigenvalue weighted by molar-refractivity contribution is 5.87. The molecule has 0 radical (unpaired) electrons. The van der Waals surface area contributed by atoms with Crippen molar-refractivity contribution in [1.82, 2.24) is 10.6 Å². The van der Waals surface area contributed by atoms with Gasteiger partial charge in [0.05, 0.1) is 6.54 Å². The predicted molar refractivity (Wildman–Crippen MR) is 85.3 cm³/mol. The van der Waals surface area contributed by atoms with Gasteiger partial charge in [0.15, 0.2) is 0 Å². The van der Waals surface area contributed by atoms with Crippen molar-refractivity contribution in [2.45, 2.75) is 59.9 Å². The average molecular weight is 314 g/mol. The van der Waals surface area contributed by atoms with Crippen LogP contribution in [0.3, 0.4) is 0 Å². The fraction of sp³-hybridized carbons (Fsp3) is 0.812. The van der Waals surface area contributed by atoms with Gasteiger partial charge in [-0.25, -0.2) is 4.79 Å². The van der Waals surface area contributed by atoms with Gasteiger partial charge < -0.3 is 15.7 Å². The van der Waals surface area contributed by atoms with E-state index in [1.54, 1.807) is 0 Å². The zero-order valence-corrected chi connectivity index (χ0v) is 14.3. The number of aliphatic carboxylic acids is 1. The van der Waals surface area contributed by atoms with Crippen LogP contribution in [0.2, 0.25) is 0 Å². The number of carboxylic acids is 1. The molecule has 0 saturated heterocycles. The van der Waals surface area contributed by atoms with Gasteiger partial charge in [-0.05, 0) is 24.2 Å². The average Bonchev–Trinajstić information content (AvgIpc) is 2.40. The lowest BCUT2D eigenvalue weighted by molar-refractivity contribution is -0.142. The van der Waals surface area contributed by atoms with E-state index in [2.05, 4.69) is 24.5 Å². The number of amides is 2. The molecule has 3 N–H and O–H groups in total. The number of carbonyl (C=O) groups is 3. The maximum absolute atomic E-state index is 11.8. The van der Waals surface area contributed by atoms with Gasteiger partial charge in [0.2, 0.25) is 11.8 Å². The number of rotatable bonds is 10. The highest BCUT2D eigenvalue weighted by Gasteiger charge is 2.21. The normalized spacial score (nSPS) is 13.8. The summed E-state index contributed by atoms with van der Waals surface area (Å²) in [7, 11) is 0. The van der Waals surface area contributed by atoms with E-state index in [-0.39, 0.29) is 24.3 Å². The van der Waals surface area contributed by atoms with Gasteiger partial charge in [0.1, 0.15) is 6.04 Å². The number of carbonyl (C=O) groups excluding carboxylic acids is 2. The molecule has 2 amide bonds. The zero-order chi connectivity index (χ0) is 17.3. The first-order chi connectivity index (χ1) is 10.2. The molecule has 0 aromatic carbocycles. The zero-order valence-electron chi connectivity index (χ0n) is 14.3. The summed E-state index contributed by atoms with van der Waals surface area (Å²) in [4.78, 5) is 34.6. The lowest BCUT2D eigenvalue weighted by atomic mass is 9.90. The Morgan fingerprint density at radius 3 is 2.05 bits per heavy atom. The fourth-order valence-corrected chi connectivity index (χ4v) is 2.28. The molecule has 0 saturated carbocycles. The van der Waals surface area contributed by atoms with Crippen LogP contribution in [0.5, 0.6) is 0 Å². The number of hydrogen-bond acceptors (Lipinski definition) is 3. The Bertz CT molecular complexity index is 380. The van der Waals surface area contributed by atoms with Gasteiger partial charge in [-0.1, -0.05) is 41.0 Å². The summed E-state index contributed by atoms with van der Waals surface area (Å²) in [6, 6.07) is -0.913. The highest BCUT2D eigenvalue weighted by Crippen LogP contribution is 2.18. The Morgan fingerprint density at radius 2 is 1.64 bits per heavy atom. The minimum absolute atomic E-state index is 0.160. The predicted octanol–water partition coefficient (Wildman–Crippen LogP) is 1.79. The number of nitrogens with one attached hydrogen (secondary N) is 2. The summed E-state index contributed by atoms with van der Waals surface area (Å²) in [5.74, 6) is -0.847. The topological polar surface area (TPSA) is 95.5 Å². The SMILES string of the molecule is CCC(CC(=O)NCC(=O)N[C@@H](CC(C)C)C(=O)O)C(C)C. The fourth-order valence-electron chi connectivity index (χ4n) is 2.28. The van der Waals surface area contributed by atoms with E-state index in [1.165, 1.54) is 0 Å². The number of carboxylic acid groups (broad SMARTS) is 1. The van der Waals surface area contributed by atoms with Crippen LogP contribution in [-0.2, 0) is 14.4 Å². The minimum Gasteiger partial charge on any atom is -0.480 e. The van der Waals surface area contributed by atoms with Gasteiger partial charge in [0.25, 0.3) is 0 Å². The highest BCUT2D eigenvalue weighted by atomic mass is 16.4. The largest absolute Gasteiger partial charge is 0.480 e. The van der Waals surface area contributed by atoms with E-state index in [1.807, 2.05) is 20.8 Å². The van der Waals surface area contributed by atoms with Crippen LogP contribution in [0.15, 0.2) is 0 Å². The summed E-state index contributed by atoms with van der Waals surface area (Å²) in [6.45, 7) is 9.76. The second-order valence-corrected chi connectivity index (χ2v) is 6.48. The first kappa shape index (κ1) is 20.4. The van der Waals surface area contributed by atoms with Crippen LogP contribution in [0, 0.1) is 17.8 Å². The van der Waals surface area contributed by atoms with Crippen LogP contribution in [0.1, 0.15) is 53.9 Å². The summed E-state index contributed by atoms with van der Waals surface area (Å²) in [5.41, 5.74) is 0. The third kappa shape index (κ3) is 8.64. The van der Waals surface area contributed by atoms with Gasteiger partial charge in [-0.15, -0.1) is 0 Å². The number of hydrogen-bond donors (Lipinski definition) is 3. The molecule has 1 unspecified atom stereocenters. The lowest BCUT2D eigenvalue weighted by Gasteiger charge is -2.19. The monoisotopic (exact) mass is 314 g/mol. The molecule has 2 atom stereocenters.